The van der Waals surface area contributed by atoms with Crippen molar-refractivity contribution < 1.29 is 19.5 Å². The fourth-order valence-corrected chi connectivity index (χ4v) is 3.62. The molecule has 1 aliphatic heterocycles. The van der Waals surface area contributed by atoms with Gasteiger partial charge in [0.05, 0.1) is 11.4 Å². The van der Waals surface area contributed by atoms with Crippen LogP contribution in [0.15, 0.2) is 51.8 Å². The number of carbonyl (C=O) groups excluding carboxylic acids is 3. The van der Waals surface area contributed by atoms with Gasteiger partial charge in [-0.05, 0) is 60.3 Å². The van der Waals surface area contributed by atoms with Gasteiger partial charge in [-0.2, -0.15) is 0 Å². The largest absolute Gasteiger partial charge is 0.507 e. The van der Waals surface area contributed by atoms with Crippen LogP contribution in [0.4, 0.5) is 4.79 Å². The Morgan fingerprint density at radius 3 is 2.58 bits per heavy atom. The highest BCUT2D eigenvalue weighted by Crippen LogP contribution is 2.34. The number of hydrogen-bond acceptors (Lipinski definition) is 5. The maximum atomic E-state index is 12.5. The maximum absolute atomic E-state index is 12.5. The van der Waals surface area contributed by atoms with Crippen molar-refractivity contribution in [1.29, 1.82) is 0 Å². The first-order valence-corrected chi connectivity index (χ1v) is 9.36. The molecule has 0 radical (unpaired) electrons. The number of benzene rings is 2. The van der Waals surface area contributed by atoms with Gasteiger partial charge >= 0.3 is 0 Å². The van der Waals surface area contributed by atoms with E-state index in [1.54, 1.807) is 36.4 Å². The highest BCUT2D eigenvalue weighted by molar-refractivity contribution is 9.10. The quantitative estimate of drug-likeness (QED) is 0.536. The number of amides is 2. The number of rotatable bonds is 4. The monoisotopic (exact) mass is 451 g/mol. The van der Waals surface area contributed by atoms with E-state index in [2.05, 4.69) is 15.9 Å². The summed E-state index contributed by atoms with van der Waals surface area (Å²) in [4.78, 5) is 38.0. The summed E-state index contributed by atoms with van der Waals surface area (Å²) in [7, 11) is 0. The molecule has 1 saturated heterocycles. The second-order valence-corrected chi connectivity index (χ2v) is 7.75. The number of imide groups is 1. The molecule has 1 aliphatic rings. The minimum absolute atomic E-state index is 0.0164. The molecule has 2 amide bonds. The van der Waals surface area contributed by atoms with Crippen molar-refractivity contribution in [1.82, 2.24) is 4.90 Å². The second kappa shape index (κ2) is 7.65. The lowest BCUT2D eigenvalue weighted by Gasteiger charge is -2.11. The smallest absolute Gasteiger partial charge is 0.293 e. The number of nitrogens with zero attached hydrogens (tertiary/aromatic N) is 1. The zero-order chi connectivity index (χ0) is 18.8. The number of phenols is 1. The van der Waals surface area contributed by atoms with Crippen LogP contribution in [-0.4, -0.2) is 33.5 Å². The molecule has 1 N–H and O–H groups in total. The fraction of sp³-hybridized carbons (Fsp3) is 0.0556. The summed E-state index contributed by atoms with van der Waals surface area (Å²) in [6, 6.07) is 11.0. The van der Waals surface area contributed by atoms with E-state index in [4.69, 9.17) is 11.6 Å². The van der Waals surface area contributed by atoms with Gasteiger partial charge in [-0.3, -0.25) is 19.3 Å². The summed E-state index contributed by atoms with van der Waals surface area (Å²) in [5, 5.41) is 9.84. The third-order valence-corrected chi connectivity index (χ3v) is 5.27. The second-order valence-electron chi connectivity index (χ2n) is 5.40. The van der Waals surface area contributed by atoms with Crippen molar-refractivity contribution in [3.05, 3.63) is 68.0 Å². The molecule has 5 nitrogen and oxygen atoms in total. The molecule has 26 heavy (non-hydrogen) atoms. The van der Waals surface area contributed by atoms with Gasteiger partial charge < -0.3 is 5.11 Å². The maximum Gasteiger partial charge on any atom is 0.293 e. The fourth-order valence-electron chi connectivity index (χ4n) is 2.29. The van der Waals surface area contributed by atoms with Crippen molar-refractivity contribution >= 4 is 62.3 Å². The van der Waals surface area contributed by atoms with E-state index >= 15 is 0 Å². The first-order chi connectivity index (χ1) is 12.3. The van der Waals surface area contributed by atoms with Gasteiger partial charge in [0.1, 0.15) is 5.75 Å². The number of phenolic OH excluding ortho intramolecular Hbond substituents is 1. The number of carbonyl (C=O) groups is 3. The highest BCUT2D eigenvalue weighted by Gasteiger charge is 2.36. The van der Waals surface area contributed by atoms with Gasteiger partial charge in [0.2, 0.25) is 0 Å². The van der Waals surface area contributed by atoms with Gasteiger partial charge in [0.25, 0.3) is 11.1 Å². The number of aromatic hydroxyl groups is 1. The van der Waals surface area contributed by atoms with E-state index in [0.717, 1.165) is 21.1 Å². The van der Waals surface area contributed by atoms with Crippen molar-refractivity contribution in [2.75, 3.05) is 6.54 Å². The summed E-state index contributed by atoms with van der Waals surface area (Å²) in [5.74, 6) is -0.950. The highest BCUT2D eigenvalue weighted by atomic mass is 79.9. The van der Waals surface area contributed by atoms with E-state index in [1.165, 1.54) is 12.1 Å². The molecule has 0 aromatic heterocycles. The van der Waals surface area contributed by atoms with E-state index in [1.807, 2.05) is 0 Å². The van der Waals surface area contributed by atoms with Crippen LogP contribution < -0.4 is 0 Å². The van der Waals surface area contributed by atoms with Crippen LogP contribution >= 0.6 is 39.3 Å². The lowest BCUT2D eigenvalue weighted by molar-refractivity contribution is -0.122. The Bertz CT molecular complexity index is 943. The predicted octanol–water partition coefficient (Wildman–Crippen LogP) is 4.73. The Morgan fingerprint density at radius 1 is 1.19 bits per heavy atom. The molecule has 2 aromatic rings. The van der Waals surface area contributed by atoms with Gasteiger partial charge in [-0.1, -0.05) is 27.5 Å². The Kier molecular flexibility index (Phi) is 5.50. The molecule has 0 bridgehead atoms. The van der Waals surface area contributed by atoms with Gasteiger partial charge in [-0.25, -0.2) is 0 Å². The molecule has 1 fully saturated rings. The number of hydrogen-bond donors (Lipinski definition) is 1. The summed E-state index contributed by atoms with van der Waals surface area (Å²) in [6.07, 6.45) is 1.43. The molecule has 0 atom stereocenters. The van der Waals surface area contributed by atoms with E-state index < -0.39 is 11.1 Å². The van der Waals surface area contributed by atoms with Crippen LogP contribution in [-0.2, 0) is 4.79 Å². The Morgan fingerprint density at radius 2 is 1.88 bits per heavy atom. The van der Waals surface area contributed by atoms with Crippen LogP contribution in [0.25, 0.3) is 6.08 Å². The molecular formula is C18H11BrClNO4S. The van der Waals surface area contributed by atoms with Gasteiger partial charge in [0, 0.05) is 20.6 Å². The zero-order valence-electron chi connectivity index (χ0n) is 13.1. The van der Waals surface area contributed by atoms with Crippen LogP contribution in [0, 0.1) is 0 Å². The molecule has 0 unspecified atom stereocenters. The summed E-state index contributed by atoms with van der Waals surface area (Å²) in [6.45, 7) is -0.353. The van der Waals surface area contributed by atoms with Gasteiger partial charge in [0.15, 0.2) is 5.78 Å². The molecule has 132 valence electrons. The van der Waals surface area contributed by atoms with Crippen LogP contribution in [0.1, 0.15) is 15.9 Å². The minimum Gasteiger partial charge on any atom is -0.507 e. The summed E-state index contributed by atoms with van der Waals surface area (Å²) >= 11 is 9.80. The topological polar surface area (TPSA) is 74.7 Å². The van der Waals surface area contributed by atoms with E-state index in [9.17, 15) is 19.5 Å². The molecule has 0 aliphatic carbocycles. The lowest BCUT2D eigenvalue weighted by Crippen LogP contribution is -2.33. The first-order valence-electron chi connectivity index (χ1n) is 7.38. The molecule has 0 spiro atoms. The van der Waals surface area contributed by atoms with Gasteiger partial charge in [-0.15, -0.1) is 0 Å². The van der Waals surface area contributed by atoms with Crippen molar-refractivity contribution in [3.63, 3.8) is 0 Å². The number of Topliss-reactive ketones (excluding diaryl/α,β-unsaturated/α-hetero) is 1. The molecule has 2 aromatic carbocycles. The normalized spacial score (nSPS) is 15.8. The number of thioether (sulfide) groups is 1. The summed E-state index contributed by atoms with van der Waals surface area (Å²) in [5.41, 5.74) is 0.760. The average Bonchev–Trinajstić information content (AvgIpc) is 2.86. The van der Waals surface area contributed by atoms with Crippen LogP contribution in [0.5, 0.6) is 5.75 Å². The Balaban J connectivity index is 1.80. The Hall–Kier alpha value is -2.09. The third-order valence-electron chi connectivity index (χ3n) is 3.62. The van der Waals surface area contributed by atoms with Crippen molar-refractivity contribution in [3.8, 4) is 5.75 Å². The molecule has 8 heteroatoms. The third kappa shape index (κ3) is 4.00. The molecule has 1 heterocycles. The predicted molar refractivity (Wildman–Crippen MR) is 104 cm³/mol. The first kappa shape index (κ1) is 18.7. The Labute approximate surface area is 166 Å². The van der Waals surface area contributed by atoms with E-state index in [-0.39, 0.29) is 23.0 Å². The number of halogens is 2. The van der Waals surface area contributed by atoms with E-state index in [0.29, 0.717) is 16.1 Å². The lowest BCUT2D eigenvalue weighted by atomic mass is 10.1. The van der Waals surface area contributed by atoms with Crippen LogP contribution in [0.3, 0.4) is 0 Å². The van der Waals surface area contributed by atoms with Crippen molar-refractivity contribution in [2.24, 2.45) is 0 Å². The number of ketones is 1. The standard InChI is InChI=1S/C18H11BrClNO4S/c19-12-3-6-14(22)11(7-12)8-16-17(24)21(18(25)26-16)9-15(23)10-1-4-13(20)5-2-10/h1-8,22H,9H2. The molecular weight excluding hydrogens is 442 g/mol. The zero-order valence-corrected chi connectivity index (χ0v) is 16.3. The molecule has 0 saturated carbocycles. The van der Waals surface area contributed by atoms with Crippen molar-refractivity contribution in [2.45, 2.75) is 0 Å². The minimum atomic E-state index is -0.568. The molecule has 3 rings (SSSR count). The SMILES string of the molecule is O=C(CN1C(=O)SC(=Cc2cc(Br)ccc2O)C1=O)c1ccc(Cl)cc1. The average molecular weight is 453 g/mol. The summed E-state index contributed by atoms with van der Waals surface area (Å²) < 4.78 is 0.721. The van der Waals surface area contributed by atoms with Crippen LogP contribution in [0.2, 0.25) is 5.02 Å².